The number of aromatic carboxylic acids is 1. The topological polar surface area (TPSA) is 145 Å². The number of halogens is 4. The van der Waals surface area contributed by atoms with Gasteiger partial charge in [0.1, 0.15) is 5.75 Å². The molecule has 0 amide bonds. The number of anilines is 3. The summed E-state index contributed by atoms with van der Waals surface area (Å²) in [6, 6.07) is 12.4. The predicted molar refractivity (Wildman–Crippen MR) is 133 cm³/mol. The Morgan fingerprint density at radius 2 is 1.62 bits per heavy atom. The molecule has 37 heavy (non-hydrogen) atoms. The summed E-state index contributed by atoms with van der Waals surface area (Å²) in [4.78, 5) is 22.9. The molecule has 14 heteroatoms. The molecule has 3 aromatic rings. The standard InChI is InChI=1S/C23H25F3N6O4.ClH/c24-23(25,26)14-36-22-31-20(28-13-15-3-9-18(10-4-15)35-12-2-1-11-27)30-21(32-22)29-17-7-5-16(6-8-17)19(33)34;/h3-10H,1-2,11-14,27H2,(H,33,34)(H2,28,29,30,31,32);1H. The van der Waals surface area contributed by atoms with E-state index in [-0.39, 0.29) is 36.4 Å². The number of nitrogens with zero attached hydrogens (tertiary/aromatic N) is 3. The molecule has 0 bridgehead atoms. The maximum absolute atomic E-state index is 12.6. The number of nitrogens with two attached hydrogens (primary N) is 1. The molecule has 1 aromatic heterocycles. The van der Waals surface area contributed by atoms with Crippen LogP contribution in [0, 0.1) is 0 Å². The predicted octanol–water partition coefficient (Wildman–Crippen LogP) is 4.41. The molecule has 5 N–H and O–H groups in total. The number of carboxylic acid groups (broad SMARTS) is 1. The second kappa shape index (κ2) is 14.0. The van der Waals surface area contributed by atoms with Crippen molar-refractivity contribution < 1.29 is 32.5 Å². The van der Waals surface area contributed by atoms with Crippen LogP contribution in [-0.2, 0) is 6.54 Å². The number of carboxylic acids is 1. The Labute approximate surface area is 216 Å². The Hall–Kier alpha value is -3.84. The smallest absolute Gasteiger partial charge is 0.422 e. The second-order valence-corrected chi connectivity index (χ2v) is 7.52. The number of carbonyl (C=O) groups is 1. The van der Waals surface area contributed by atoms with Crippen LogP contribution in [-0.4, -0.2) is 52.0 Å². The van der Waals surface area contributed by atoms with E-state index in [1.54, 1.807) is 12.1 Å². The van der Waals surface area contributed by atoms with Gasteiger partial charge >= 0.3 is 18.2 Å². The van der Waals surface area contributed by atoms with Gasteiger partial charge < -0.3 is 30.9 Å². The molecule has 0 unspecified atom stereocenters. The Kier molecular flexibility index (Phi) is 11.2. The summed E-state index contributed by atoms with van der Waals surface area (Å²) in [5.74, 6) is -0.496. The van der Waals surface area contributed by atoms with Crippen LogP contribution in [0.2, 0.25) is 0 Å². The van der Waals surface area contributed by atoms with Crippen molar-refractivity contribution >= 4 is 36.0 Å². The first kappa shape index (κ1) is 29.4. The van der Waals surface area contributed by atoms with Crippen LogP contribution in [0.25, 0.3) is 0 Å². The summed E-state index contributed by atoms with van der Waals surface area (Å²) in [6.07, 6.45) is -2.83. The fraction of sp³-hybridized carbons (Fsp3) is 0.304. The third-order valence-electron chi connectivity index (χ3n) is 4.61. The average molecular weight is 543 g/mol. The molecule has 0 atom stereocenters. The third kappa shape index (κ3) is 10.4. The first-order valence-electron chi connectivity index (χ1n) is 10.9. The number of nitrogens with one attached hydrogen (secondary N) is 2. The van der Waals surface area contributed by atoms with Crippen molar-refractivity contribution in [1.82, 2.24) is 15.0 Å². The summed E-state index contributed by atoms with van der Waals surface area (Å²) >= 11 is 0. The lowest BCUT2D eigenvalue weighted by Crippen LogP contribution is -2.21. The van der Waals surface area contributed by atoms with Crippen LogP contribution in [0.5, 0.6) is 11.8 Å². The van der Waals surface area contributed by atoms with Gasteiger partial charge in [-0.3, -0.25) is 0 Å². The summed E-state index contributed by atoms with van der Waals surface area (Å²) in [5.41, 5.74) is 6.79. The molecular weight excluding hydrogens is 517 g/mol. The zero-order valence-corrected chi connectivity index (χ0v) is 20.3. The highest BCUT2D eigenvalue weighted by molar-refractivity contribution is 5.88. The van der Waals surface area contributed by atoms with Gasteiger partial charge in [-0.2, -0.15) is 28.1 Å². The largest absolute Gasteiger partial charge is 0.494 e. The first-order chi connectivity index (χ1) is 17.2. The molecule has 3 rings (SSSR count). The van der Waals surface area contributed by atoms with Gasteiger partial charge in [0.05, 0.1) is 12.2 Å². The minimum absolute atomic E-state index is 0. The fourth-order valence-electron chi connectivity index (χ4n) is 2.85. The second-order valence-electron chi connectivity index (χ2n) is 7.52. The quantitative estimate of drug-likeness (QED) is 0.229. The highest BCUT2D eigenvalue weighted by Crippen LogP contribution is 2.21. The molecule has 200 valence electrons. The van der Waals surface area contributed by atoms with E-state index in [1.165, 1.54) is 24.3 Å². The summed E-state index contributed by atoms with van der Waals surface area (Å²) in [5, 5.41) is 14.7. The normalized spacial score (nSPS) is 10.8. The van der Waals surface area contributed by atoms with Crippen molar-refractivity contribution in [3.63, 3.8) is 0 Å². The molecule has 0 saturated heterocycles. The van der Waals surface area contributed by atoms with Crippen molar-refractivity contribution in [2.45, 2.75) is 25.6 Å². The first-order valence-corrected chi connectivity index (χ1v) is 10.9. The van der Waals surface area contributed by atoms with E-state index in [9.17, 15) is 18.0 Å². The highest BCUT2D eigenvalue weighted by Gasteiger charge is 2.29. The lowest BCUT2D eigenvalue weighted by atomic mass is 10.2. The molecule has 0 saturated carbocycles. The van der Waals surface area contributed by atoms with Crippen LogP contribution in [0.3, 0.4) is 0 Å². The molecule has 10 nitrogen and oxygen atoms in total. The number of alkyl halides is 3. The monoisotopic (exact) mass is 542 g/mol. The lowest BCUT2D eigenvalue weighted by molar-refractivity contribution is -0.154. The van der Waals surface area contributed by atoms with Crippen molar-refractivity contribution in [1.29, 1.82) is 0 Å². The third-order valence-corrected chi connectivity index (χ3v) is 4.61. The number of benzene rings is 2. The van der Waals surface area contributed by atoms with E-state index < -0.39 is 24.8 Å². The zero-order valence-electron chi connectivity index (χ0n) is 19.5. The lowest BCUT2D eigenvalue weighted by Gasteiger charge is -2.12. The van der Waals surface area contributed by atoms with Crippen LogP contribution in [0.4, 0.5) is 30.8 Å². The minimum atomic E-state index is -4.57. The van der Waals surface area contributed by atoms with Crippen molar-refractivity contribution in [3.8, 4) is 11.8 Å². The molecule has 0 aliphatic carbocycles. The molecule has 0 radical (unpaired) electrons. The summed E-state index contributed by atoms with van der Waals surface area (Å²) < 4.78 is 48.2. The van der Waals surface area contributed by atoms with E-state index >= 15 is 0 Å². The molecule has 0 aliphatic rings. The highest BCUT2D eigenvalue weighted by atomic mass is 35.5. The summed E-state index contributed by atoms with van der Waals surface area (Å²) in [7, 11) is 0. The van der Waals surface area contributed by atoms with Gasteiger partial charge in [0.15, 0.2) is 6.61 Å². The Morgan fingerprint density at radius 3 is 2.24 bits per heavy atom. The number of unbranched alkanes of at least 4 members (excludes halogenated alkanes) is 1. The van der Waals surface area contributed by atoms with Crippen molar-refractivity contribution in [2.75, 3.05) is 30.4 Å². The molecule has 1 heterocycles. The van der Waals surface area contributed by atoms with Crippen LogP contribution in [0.1, 0.15) is 28.8 Å². The van der Waals surface area contributed by atoms with E-state index in [2.05, 4.69) is 25.6 Å². The number of ether oxygens (including phenoxy) is 2. The molecule has 0 spiro atoms. The van der Waals surface area contributed by atoms with Crippen LogP contribution in [0.15, 0.2) is 48.5 Å². The van der Waals surface area contributed by atoms with E-state index in [0.29, 0.717) is 24.6 Å². The Bertz CT molecular complexity index is 1130. The molecule has 0 fully saturated rings. The van der Waals surface area contributed by atoms with Crippen LogP contribution >= 0.6 is 12.4 Å². The van der Waals surface area contributed by atoms with E-state index in [4.69, 9.17) is 20.3 Å². The average Bonchev–Trinajstić information content (AvgIpc) is 2.85. The SMILES string of the molecule is Cl.NCCCCOc1ccc(CNc2nc(Nc3ccc(C(=O)O)cc3)nc(OCC(F)(F)F)n2)cc1. The van der Waals surface area contributed by atoms with Crippen molar-refractivity contribution in [3.05, 3.63) is 59.7 Å². The van der Waals surface area contributed by atoms with E-state index in [0.717, 1.165) is 18.4 Å². The Balaban J connectivity index is 0.00000481. The number of hydrogen-bond acceptors (Lipinski definition) is 9. The number of aromatic nitrogens is 3. The van der Waals surface area contributed by atoms with Crippen LogP contribution < -0.4 is 25.8 Å². The van der Waals surface area contributed by atoms with Gasteiger partial charge in [0, 0.05) is 12.2 Å². The van der Waals surface area contributed by atoms with Gasteiger partial charge in [0.2, 0.25) is 11.9 Å². The molecule has 0 aliphatic heterocycles. The van der Waals surface area contributed by atoms with Gasteiger partial charge in [-0.1, -0.05) is 12.1 Å². The summed E-state index contributed by atoms with van der Waals surface area (Å²) in [6.45, 7) is -0.129. The molecule has 2 aromatic carbocycles. The van der Waals surface area contributed by atoms with Gasteiger partial charge in [-0.25, -0.2) is 4.79 Å². The number of hydrogen-bond donors (Lipinski definition) is 4. The van der Waals surface area contributed by atoms with Gasteiger partial charge in [-0.15, -0.1) is 12.4 Å². The van der Waals surface area contributed by atoms with Crippen molar-refractivity contribution in [2.24, 2.45) is 5.73 Å². The fourth-order valence-corrected chi connectivity index (χ4v) is 2.85. The minimum Gasteiger partial charge on any atom is -0.494 e. The number of rotatable bonds is 13. The Morgan fingerprint density at radius 1 is 0.946 bits per heavy atom. The van der Waals surface area contributed by atoms with Gasteiger partial charge in [0.25, 0.3) is 0 Å². The zero-order chi connectivity index (χ0) is 26.0. The van der Waals surface area contributed by atoms with E-state index in [1.807, 2.05) is 12.1 Å². The van der Waals surface area contributed by atoms with Gasteiger partial charge in [-0.05, 0) is 61.3 Å². The molecular formula is C23H26ClF3N6O4. The maximum atomic E-state index is 12.6. The maximum Gasteiger partial charge on any atom is 0.422 e.